The van der Waals surface area contributed by atoms with Gasteiger partial charge in [-0.3, -0.25) is 4.79 Å². The van der Waals surface area contributed by atoms with Gasteiger partial charge < -0.3 is 24.1 Å². The molecular formula is C19H21N3O4S. The molecule has 0 unspecified atom stereocenters. The molecule has 7 nitrogen and oxygen atoms in total. The maximum atomic E-state index is 12.1. The van der Waals surface area contributed by atoms with Crippen molar-refractivity contribution >= 4 is 17.7 Å². The summed E-state index contributed by atoms with van der Waals surface area (Å²) in [6, 6.07) is 11.3. The van der Waals surface area contributed by atoms with E-state index in [0.29, 0.717) is 29.7 Å². The first-order valence-electron chi connectivity index (χ1n) is 8.39. The van der Waals surface area contributed by atoms with E-state index in [2.05, 4.69) is 10.3 Å². The lowest BCUT2D eigenvalue weighted by Gasteiger charge is -2.11. The lowest BCUT2D eigenvalue weighted by atomic mass is 10.2. The van der Waals surface area contributed by atoms with Gasteiger partial charge in [0.05, 0.1) is 44.2 Å². The van der Waals surface area contributed by atoms with Crippen LogP contribution < -0.4 is 10.1 Å². The fourth-order valence-corrected chi connectivity index (χ4v) is 3.32. The lowest BCUT2D eigenvalue weighted by molar-refractivity contribution is -0.118. The van der Waals surface area contributed by atoms with E-state index in [1.165, 1.54) is 11.8 Å². The number of hydrogen-bond donors (Lipinski definition) is 2. The summed E-state index contributed by atoms with van der Waals surface area (Å²) in [4.78, 5) is 16.4. The topological polar surface area (TPSA) is 89.5 Å². The van der Waals surface area contributed by atoms with Gasteiger partial charge in [0, 0.05) is 6.54 Å². The van der Waals surface area contributed by atoms with Crippen LogP contribution in [0.2, 0.25) is 0 Å². The Morgan fingerprint density at radius 3 is 2.81 bits per heavy atom. The Balaban J connectivity index is 1.61. The first-order valence-corrected chi connectivity index (χ1v) is 9.38. The molecule has 0 aliphatic heterocycles. The molecule has 2 heterocycles. The van der Waals surface area contributed by atoms with E-state index in [-0.39, 0.29) is 18.3 Å². The molecule has 0 atom stereocenters. The minimum absolute atomic E-state index is 0.110. The van der Waals surface area contributed by atoms with Gasteiger partial charge in [0.1, 0.15) is 11.5 Å². The van der Waals surface area contributed by atoms with Crippen LogP contribution >= 0.6 is 11.8 Å². The van der Waals surface area contributed by atoms with Crippen molar-refractivity contribution in [2.45, 2.75) is 24.9 Å². The molecule has 142 valence electrons. The highest BCUT2D eigenvalue weighted by atomic mass is 32.2. The molecule has 8 heteroatoms. The number of furan rings is 1. The van der Waals surface area contributed by atoms with Crippen LogP contribution in [-0.2, 0) is 24.5 Å². The van der Waals surface area contributed by atoms with Crippen molar-refractivity contribution in [1.29, 1.82) is 0 Å². The zero-order valence-corrected chi connectivity index (χ0v) is 15.7. The van der Waals surface area contributed by atoms with Crippen molar-refractivity contribution in [3.8, 4) is 5.75 Å². The van der Waals surface area contributed by atoms with Gasteiger partial charge in [-0.2, -0.15) is 0 Å². The second kappa shape index (κ2) is 9.29. The van der Waals surface area contributed by atoms with E-state index < -0.39 is 0 Å². The van der Waals surface area contributed by atoms with Gasteiger partial charge in [-0.1, -0.05) is 23.9 Å². The smallest absolute Gasteiger partial charge is 0.230 e. The number of rotatable bonds is 9. The molecule has 3 aromatic rings. The molecule has 1 amide bonds. The number of nitrogens with one attached hydrogen (secondary N) is 1. The molecule has 0 aliphatic rings. The van der Waals surface area contributed by atoms with Crippen LogP contribution in [-0.4, -0.2) is 33.4 Å². The number of imidazole rings is 1. The Hall–Kier alpha value is -2.71. The fourth-order valence-electron chi connectivity index (χ4n) is 2.50. The van der Waals surface area contributed by atoms with Crippen LogP contribution in [0.3, 0.4) is 0 Å². The minimum atomic E-state index is -0.117. The molecule has 0 fully saturated rings. The van der Waals surface area contributed by atoms with Crippen molar-refractivity contribution in [3.05, 3.63) is 65.9 Å². The highest BCUT2D eigenvalue weighted by molar-refractivity contribution is 7.99. The van der Waals surface area contributed by atoms with E-state index >= 15 is 0 Å². The van der Waals surface area contributed by atoms with E-state index in [1.807, 2.05) is 34.9 Å². The molecule has 0 radical (unpaired) electrons. The van der Waals surface area contributed by atoms with Gasteiger partial charge in [0.25, 0.3) is 0 Å². The van der Waals surface area contributed by atoms with Gasteiger partial charge in [-0.25, -0.2) is 4.98 Å². The monoisotopic (exact) mass is 387 g/mol. The normalized spacial score (nSPS) is 10.7. The first kappa shape index (κ1) is 19.1. The molecule has 0 saturated carbocycles. The summed E-state index contributed by atoms with van der Waals surface area (Å²) in [6.45, 7) is 0.791. The molecule has 2 N–H and O–H groups in total. The molecule has 0 bridgehead atoms. The van der Waals surface area contributed by atoms with Crippen LogP contribution in [0.15, 0.2) is 58.4 Å². The van der Waals surface area contributed by atoms with Crippen molar-refractivity contribution < 1.29 is 19.1 Å². The number of thioether (sulfide) groups is 1. The van der Waals surface area contributed by atoms with E-state index in [0.717, 1.165) is 11.3 Å². The zero-order valence-electron chi connectivity index (χ0n) is 14.9. The number of carbonyl (C=O) groups excluding carboxylic acids is 1. The number of aliphatic hydroxyl groups excluding tert-OH is 1. The van der Waals surface area contributed by atoms with E-state index in [9.17, 15) is 9.90 Å². The summed E-state index contributed by atoms with van der Waals surface area (Å²) in [6.07, 6.45) is 3.20. The number of carbonyl (C=O) groups is 1. The maximum absolute atomic E-state index is 12.1. The highest BCUT2D eigenvalue weighted by Crippen LogP contribution is 2.21. The van der Waals surface area contributed by atoms with Gasteiger partial charge >= 0.3 is 0 Å². The molecule has 27 heavy (non-hydrogen) atoms. The van der Waals surface area contributed by atoms with Gasteiger partial charge in [-0.05, 0) is 29.8 Å². The Bertz CT molecular complexity index is 860. The summed E-state index contributed by atoms with van der Waals surface area (Å²) >= 11 is 1.33. The van der Waals surface area contributed by atoms with Crippen molar-refractivity contribution in [2.75, 3.05) is 12.9 Å². The van der Waals surface area contributed by atoms with Crippen LogP contribution in [0.4, 0.5) is 0 Å². The summed E-state index contributed by atoms with van der Waals surface area (Å²) in [7, 11) is 1.63. The third kappa shape index (κ3) is 5.15. The second-order valence-corrected chi connectivity index (χ2v) is 6.71. The third-order valence-corrected chi connectivity index (χ3v) is 4.93. The minimum Gasteiger partial charge on any atom is -0.497 e. The molecular weight excluding hydrogens is 366 g/mol. The average molecular weight is 387 g/mol. The average Bonchev–Trinajstić information content (AvgIpc) is 3.35. The second-order valence-electron chi connectivity index (χ2n) is 5.77. The third-order valence-electron chi connectivity index (χ3n) is 3.94. The highest BCUT2D eigenvalue weighted by Gasteiger charge is 2.13. The first-order chi connectivity index (χ1) is 13.2. The Kier molecular flexibility index (Phi) is 6.56. The predicted octanol–water partition coefficient (Wildman–Crippen LogP) is 2.43. The molecule has 0 aliphatic carbocycles. The van der Waals surface area contributed by atoms with Crippen LogP contribution in [0, 0.1) is 0 Å². The van der Waals surface area contributed by atoms with Gasteiger partial charge in [0.15, 0.2) is 5.16 Å². The Morgan fingerprint density at radius 1 is 1.33 bits per heavy atom. The number of amides is 1. The maximum Gasteiger partial charge on any atom is 0.230 e. The Morgan fingerprint density at radius 2 is 2.15 bits per heavy atom. The standard InChI is InChI=1S/C19H21N3O4S/c1-25-16-6-4-14(5-7-16)11-22-15(12-23)9-21-19(22)27-13-18(24)20-10-17-3-2-8-26-17/h2-9,23H,10-13H2,1H3,(H,20,24). The quantitative estimate of drug-likeness (QED) is 0.548. The number of benzene rings is 1. The lowest BCUT2D eigenvalue weighted by Crippen LogP contribution is -2.24. The predicted molar refractivity (Wildman–Crippen MR) is 102 cm³/mol. The number of ether oxygens (including phenoxy) is 1. The molecule has 3 rings (SSSR count). The van der Waals surface area contributed by atoms with Crippen LogP contribution in [0.1, 0.15) is 17.0 Å². The number of hydrogen-bond acceptors (Lipinski definition) is 6. The van der Waals surface area contributed by atoms with Crippen molar-refractivity contribution in [3.63, 3.8) is 0 Å². The van der Waals surface area contributed by atoms with Crippen molar-refractivity contribution in [1.82, 2.24) is 14.9 Å². The summed E-state index contributed by atoms with van der Waals surface area (Å²) in [5.74, 6) is 1.61. The summed E-state index contributed by atoms with van der Waals surface area (Å²) < 4.78 is 12.3. The summed E-state index contributed by atoms with van der Waals surface area (Å²) in [5, 5.41) is 13.1. The number of aliphatic hydroxyl groups is 1. The molecule has 1 aromatic carbocycles. The molecule has 2 aromatic heterocycles. The van der Waals surface area contributed by atoms with E-state index in [4.69, 9.17) is 9.15 Å². The van der Waals surface area contributed by atoms with E-state index in [1.54, 1.807) is 25.6 Å². The number of methoxy groups -OCH3 is 1. The van der Waals surface area contributed by atoms with Gasteiger partial charge in [0.2, 0.25) is 5.91 Å². The number of nitrogens with zero attached hydrogens (tertiary/aromatic N) is 2. The van der Waals surface area contributed by atoms with Crippen LogP contribution in [0.25, 0.3) is 0 Å². The fraction of sp³-hybridized carbons (Fsp3) is 0.263. The zero-order chi connectivity index (χ0) is 19.1. The van der Waals surface area contributed by atoms with Crippen LogP contribution in [0.5, 0.6) is 5.75 Å². The Labute approximate surface area is 161 Å². The van der Waals surface area contributed by atoms with Crippen molar-refractivity contribution in [2.24, 2.45) is 0 Å². The molecule has 0 spiro atoms. The molecule has 0 saturated heterocycles. The SMILES string of the molecule is COc1ccc(Cn2c(CO)cnc2SCC(=O)NCc2ccco2)cc1. The van der Waals surface area contributed by atoms with Gasteiger partial charge in [-0.15, -0.1) is 0 Å². The summed E-state index contributed by atoms with van der Waals surface area (Å²) in [5.41, 5.74) is 1.75. The largest absolute Gasteiger partial charge is 0.497 e. The number of aromatic nitrogens is 2.